The number of carbonyl (C=O) groups is 6. The standard InChI is InChI=1S/C18H22N2O3.C18H20N2O2.C17H18N2O3.C17H18N2O2.C16H17ClN2O2.C15H17N3O2/c21-18(17-15-9-3-4-10-16(15)23-19-17)20(13-6-1-2-7-13)12-14-8-5-11-22-14;21-18(17-14-9-4-5-10-15(14)19-22-17)20-12-6-11-16(20)13-7-2-1-3-8-13;20-13-9-10-5-1-2-6-11(10)15(13)18-17(21)16-12-7-3-4-8-14(12)22-19-16;20-17(16-14-7-3-4-8-15(14)21-18-16)19-10-9-12-5-1-2-6-13(12)11-19;1-10-2-7-14-13(8-10)15(19-21-14)16(20)18-9-11-3-5-12(17)6-4-11;1-10-5-6-13-12(8-10)14(18-20-13)15(19)17-9-11-4-2-3-7-16-11/h5,8,11,13H,1-4,6-7,9-10,12H2;1-3,7-8,16H,4-6,9-12H2;1-2,5-6,13,15,20H,3-4,7-9H2,(H,18,21);1-2,5-6H,3-4,7-11H2;3-6,10H,2,7-9H2,1H3,(H,18,20);2-4,7,10H,5-6,8-9H2,1H3,(H,17,19)/t;;13-,15+;;;/m..0.../s1. The Bertz CT molecular complexity index is 5840. The number of nitrogens with one attached hydrogen (secondary N) is 3. The predicted octanol–water partition coefficient (Wildman–Crippen LogP) is 17.5. The summed E-state index contributed by atoms with van der Waals surface area (Å²) >= 11 is 5.84. The molecule has 672 valence electrons. The van der Waals surface area contributed by atoms with Crippen LogP contribution in [-0.2, 0) is 116 Å². The number of furan rings is 1. The summed E-state index contributed by atoms with van der Waals surface area (Å²) in [7, 11) is 0. The van der Waals surface area contributed by atoms with E-state index in [0.29, 0.717) is 83.7 Å². The van der Waals surface area contributed by atoms with Gasteiger partial charge in [-0.15, -0.1) is 0 Å². The number of aryl methyl sites for hydroxylation is 6. The van der Waals surface area contributed by atoms with E-state index in [1.807, 2.05) is 118 Å². The molecule has 27 nitrogen and oxygen atoms in total. The molecule has 2 fully saturated rings. The van der Waals surface area contributed by atoms with Crippen LogP contribution in [0.1, 0.15) is 304 Å². The molecule has 8 aliphatic carbocycles. The largest absolute Gasteiger partial charge is 0.467 e. The SMILES string of the molecule is CC1CCc2onc(C(=O)NCc3ccc(Cl)cc3)c2C1.CC1CCc2onc(C(=O)NCc3ccccn3)c2C1.O=C(N[C@@H]1c2ccccc2C[C@@H]1O)c1noc2c1CCCC2.O=C(c1noc2c1CCCC2)N(Cc1ccco1)C1CCCC1.O=C(c1noc2c1CCCC2)N1CCc2ccccc2C1.O=C(c1onc2c1CCCC2)N1CCCC1c1ccccc1. The molecule has 10 aliphatic rings. The summed E-state index contributed by atoms with van der Waals surface area (Å²) < 4.78 is 37.6. The van der Waals surface area contributed by atoms with E-state index in [2.05, 4.69) is 96.1 Å². The van der Waals surface area contributed by atoms with Crippen LogP contribution in [0, 0.1) is 11.8 Å². The molecular weight excluding hydrogens is 1650 g/mol. The Morgan fingerprint density at radius 2 is 1.02 bits per heavy atom. The predicted molar refractivity (Wildman–Crippen MR) is 478 cm³/mol. The summed E-state index contributed by atoms with van der Waals surface area (Å²) in [4.78, 5) is 85.8. The smallest absolute Gasteiger partial charge is 0.293 e. The molecule has 6 amide bonds. The lowest BCUT2D eigenvalue weighted by atomic mass is 9.88. The van der Waals surface area contributed by atoms with Crippen LogP contribution in [0.2, 0.25) is 5.02 Å². The molecule has 0 radical (unpaired) electrons. The molecule has 0 spiro atoms. The molecule has 3 unspecified atom stereocenters. The van der Waals surface area contributed by atoms with Crippen molar-refractivity contribution in [3.05, 3.63) is 298 Å². The lowest BCUT2D eigenvalue weighted by Crippen LogP contribution is -2.38. The molecule has 10 heterocycles. The van der Waals surface area contributed by atoms with Crippen molar-refractivity contribution in [2.75, 3.05) is 13.1 Å². The third-order valence-electron chi connectivity index (χ3n) is 26.7. The number of rotatable bonds is 15. The number of amides is 6. The highest BCUT2D eigenvalue weighted by Crippen LogP contribution is 2.39. The molecule has 8 aromatic heterocycles. The van der Waals surface area contributed by atoms with Crippen molar-refractivity contribution >= 4 is 47.0 Å². The highest BCUT2D eigenvalue weighted by molar-refractivity contribution is 6.30. The first-order chi connectivity index (χ1) is 63.1. The van der Waals surface area contributed by atoms with E-state index in [1.165, 1.54) is 29.5 Å². The van der Waals surface area contributed by atoms with Gasteiger partial charge in [-0.2, -0.15) is 0 Å². The number of aliphatic hydroxyl groups is 1. The van der Waals surface area contributed by atoms with E-state index < -0.39 is 6.10 Å². The van der Waals surface area contributed by atoms with Crippen LogP contribution in [0.4, 0.5) is 0 Å². The molecule has 22 rings (SSSR count). The monoisotopic (exact) mass is 1770 g/mol. The van der Waals surface area contributed by atoms with Crippen LogP contribution < -0.4 is 16.0 Å². The first-order valence-electron chi connectivity index (χ1n) is 46.3. The molecule has 2 aliphatic heterocycles. The number of fused-ring (bicyclic) bond motifs is 8. The highest BCUT2D eigenvalue weighted by atomic mass is 35.5. The Kier molecular flexibility index (Phi) is 28.7. The highest BCUT2D eigenvalue weighted by Gasteiger charge is 2.40. The molecule has 129 heavy (non-hydrogen) atoms. The van der Waals surface area contributed by atoms with Crippen molar-refractivity contribution in [1.29, 1.82) is 0 Å². The third-order valence-corrected chi connectivity index (χ3v) is 26.9. The van der Waals surface area contributed by atoms with E-state index in [1.54, 1.807) is 12.5 Å². The minimum Gasteiger partial charge on any atom is -0.467 e. The van der Waals surface area contributed by atoms with Crippen LogP contribution >= 0.6 is 11.6 Å². The van der Waals surface area contributed by atoms with Gasteiger partial charge in [0.15, 0.2) is 28.5 Å². The van der Waals surface area contributed by atoms with Gasteiger partial charge in [0.25, 0.3) is 35.4 Å². The van der Waals surface area contributed by atoms with Gasteiger partial charge in [-0.05, 0) is 223 Å². The van der Waals surface area contributed by atoms with Crippen LogP contribution in [0.5, 0.6) is 0 Å². The van der Waals surface area contributed by atoms with Crippen molar-refractivity contribution in [3.63, 3.8) is 0 Å². The quantitative estimate of drug-likeness (QED) is 0.0740. The van der Waals surface area contributed by atoms with Crippen LogP contribution in [0.15, 0.2) is 177 Å². The first kappa shape index (κ1) is 88.7. The molecule has 0 bridgehead atoms. The van der Waals surface area contributed by atoms with E-state index in [0.717, 1.165) is 282 Å². The van der Waals surface area contributed by atoms with Crippen molar-refractivity contribution in [3.8, 4) is 0 Å². The van der Waals surface area contributed by atoms with Gasteiger partial charge in [0, 0.05) is 115 Å². The molecular formula is C101H112ClN13O14. The molecule has 1 saturated carbocycles. The average molecular weight is 1770 g/mol. The summed E-state index contributed by atoms with van der Waals surface area (Å²) in [5, 5.41) is 43.7. The normalized spacial score (nSPS) is 19.1. The summed E-state index contributed by atoms with van der Waals surface area (Å²) in [5.74, 6) is 6.26. The summed E-state index contributed by atoms with van der Waals surface area (Å²) in [6.07, 6.45) is 32.5. The van der Waals surface area contributed by atoms with Gasteiger partial charge in [0.2, 0.25) is 5.76 Å². The topological polar surface area (TPSA) is 351 Å². The summed E-state index contributed by atoms with van der Waals surface area (Å²) in [6, 6.07) is 43.3. The molecule has 28 heteroatoms. The molecule has 1 saturated heterocycles. The average Bonchev–Trinajstić information content (AvgIpc) is 1.66. The Morgan fingerprint density at radius 3 is 1.65 bits per heavy atom. The minimum absolute atomic E-state index is 0.000185. The number of carbonyl (C=O) groups excluding carboxylic acids is 6. The molecule has 12 aromatic rings. The fourth-order valence-corrected chi connectivity index (χ4v) is 19.7. The van der Waals surface area contributed by atoms with Gasteiger partial charge >= 0.3 is 0 Å². The lowest BCUT2D eigenvalue weighted by molar-refractivity contribution is 0.0635. The summed E-state index contributed by atoms with van der Waals surface area (Å²) in [5.41, 5.74) is 17.0. The van der Waals surface area contributed by atoms with E-state index in [9.17, 15) is 33.9 Å². The second kappa shape index (κ2) is 41.8. The maximum Gasteiger partial charge on any atom is 0.293 e. The maximum absolute atomic E-state index is 13.2. The maximum atomic E-state index is 13.2. The first-order valence-corrected chi connectivity index (χ1v) is 46.7. The fraction of sp³-hybridized carbons (Fsp3) is 0.436. The van der Waals surface area contributed by atoms with Crippen molar-refractivity contribution in [2.24, 2.45) is 11.8 Å². The van der Waals surface area contributed by atoms with Crippen LogP contribution in [0.25, 0.3) is 0 Å². The van der Waals surface area contributed by atoms with Crippen molar-refractivity contribution in [1.82, 2.24) is 66.6 Å². The Labute approximate surface area is 754 Å². The number of aliphatic hydroxyl groups excluding tert-OH is 1. The number of pyridine rings is 1. The Hall–Kier alpha value is -12.4. The Morgan fingerprint density at radius 1 is 0.465 bits per heavy atom. The second-order valence-electron chi connectivity index (χ2n) is 35.6. The number of benzene rings is 4. The van der Waals surface area contributed by atoms with Crippen molar-refractivity contribution in [2.45, 2.75) is 257 Å². The van der Waals surface area contributed by atoms with Crippen LogP contribution in [0.3, 0.4) is 0 Å². The minimum atomic E-state index is -0.593. The second-order valence-corrected chi connectivity index (χ2v) is 36.1. The summed E-state index contributed by atoms with van der Waals surface area (Å²) in [6.45, 7) is 7.97. The van der Waals surface area contributed by atoms with E-state index in [-0.39, 0.29) is 53.6 Å². The number of aromatic nitrogens is 7. The zero-order valence-electron chi connectivity index (χ0n) is 73.4. The zero-order chi connectivity index (χ0) is 88.7. The number of halogens is 1. The van der Waals surface area contributed by atoms with Crippen molar-refractivity contribution < 1.29 is 65.4 Å². The lowest BCUT2D eigenvalue weighted by Gasteiger charge is -2.28. The van der Waals surface area contributed by atoms with E-state index >= 15 is 0 Å². The molecule has 4 N–H and O–H groups in total. The Balaban J connectivity index is 0.000000109. The van der Waals surface area contributed by atoms with Gasteiger partial charge in [0.1, 0.15) is 34.6 Å². The number of nitrogens with zero attached hydrogens (tertiary/aromatic N) is 10. The van der Waals surface area contributed by atoms with Gasteiger partial charge in [-0.3, -0.25) is 33.8 Å². The number of hydrogen-bond acceptors (Lipinski definition) is 21. The van der Waals surface area contributed by atoms with E-state index in [4.69, 9.17) is 43.2 Å². The fourth-order valence-electron chi connectivity index (χ4n) is 19.6. The molecule has 5 atom stereocenters. The number of likely N-dealkylation sites (tertiary alicyclic amines) is 1. The van der Waals surface area contributed by atoms with Gasteiger partial charge in [0.05, 0.1) is 48.9 Å². The third kappa shape index (κ3) is 21.0. The number of hydrogen-bond donors (Lipinski definition) is 4. The van der Waals surface area contributed by atoms with Crippen LogP contribution in [-0.4, -0.2) is 116 Å². The van der Waals surface area contributed by atoms with Gasteiger partial charge in [-0.25, -0.2) is 0 Å². The van der Waals surface area contributed by atoms with Gasteiger partial charge < -0.3 is 67.3 Å². The molecule has 4 aromatic carbocycles. The zero-order valence-corrected chi connectivity index (χ0v) is 74.1. The van der Waals surface area contributed by atoms with Gasteiger partial charge in [-0.1, -0.05) is 166 Å².